The standard InChI is InChI=1S/C11H12O7S.Na.H/c1-2-3-18-19(16,17)9-5-7(10(12)13)4-8(6-9)11(14)15;;/h4-6H,2-3H2,1H3,(H,12,13)(H,14,15);;. The van der Waals surface area contributed by atoms with Gasteiger partial charge in [0.2, 0.25) is 0 Å². The van der Waals surface area contributed by atoms with E-state index in [2.05, 4.69) is 4.18 Å². The van der Waals surface area contributed by atoms with Crippen molar-refractivity contribution in [1.82, 2.24) is 0 Å². The molecule has 0 saturated heterocycles. The van der Waals surface area contributed by atoms with Gasteiger partial charge in [0, 0.05) is 0 Å². The summed E-state index contributed by atoms with van der Waals surface area (Å²) in [5.41, 5.74) is -0.864. The molecule has 106 valence electrons. The Kier molecular flexibility index (Phi) is 7.39. The summed E-state index contributed by atoms with van der Waals surface area (Å²) in [5.74, 6) is -2.84. The average molecular weight is 312 g/mol. The Balaban J connectivity index is 0.00000361. The molecule has 0 unspecified atom stereocenters. The molecule has 7 nitrogen and oxygen atoms in total. The molecule has 0 bridgehead atoms. The van der Waals surface area contributed by atoms with Crippen molar-refractivity contribution in [2.45, 2.75) is 18.2 Å². The number of hydrogen-bond donors (Lipinski definition) is 2. The van der Waals surface area contributed by atoms with Crippen LogP contribution in [0.3, 0.4) is 0 Å². The quantitative estimate of drug-likeness (QED) is 0.581. The topological polar surface area (TPSA) is 118 Å². The van der Waals surface area contributed by atoms with Gasteiger partial charge in [-0.25, -0.2) is 9.59 Å². The predicted octanol–water partition coefficient (Wildman–Crippen LogP) is 0.550. The molecule has 0 radical (unpaired) electrons. The summed E-state index contributed by atoms with van der Waals surface area (Å²) in [6, 6.07) is 2.60. The van der Waals surface area contributed by atoms with Gasteiger partial charge in [0.05, 0.1) is 22.6 Å². The first-order valence-electron chi connectivity index (χ1n) is 5.29. The van der Waals surface area contributed by atoms with Crippen LogP contribution in [0.25, 0.3) is 0 Å². The van der Waals surface area contributed by atoms with Crippen molar-refractivity contribution in [2.75, 3.05) is 6.61 Å². The molecule has 1 rings (SSSR count). The fraction of sp³-hybridized carbons (Fsp3) is 0.273. The van der Waals surface area contributed by atoms with Gasteiger partial charge in [0.25, 0.3) is 10.1 Å². The molecule has 1 aromatic carbocycles. The number of carboxylic acids is 2. The SMILES string of the molecule is CCCOS(=O)(=O)c1cc(C(=O)O)cc(C(=O)O)c1.[NaH]. The van der Waals surface area contributed by atoms with E-state index in [4.69, 9.17) is 10.2 Å². The molecule has 1 aromatic rings. The van der Waals surface area contributed by atoms with Gasteiger partial charge in [0.1, 0.15) is 0 Å². The number of hydrogen-bond acceptors (Lipinski definition) is 5. The van der Waals surface area contributed by atoms with E-state index < -0.39 is 38.1 Å². The second-order valence-corrected chi connectivity index (χ2v) is 5.25. The van der Waals surface area contributed by atoms with E-state index in [1.165, 1.54) is 0 Å². The first-order chi connectivity index (χ1) is 8.77. The Morgan fingerprint density at radius 2 is 1.55 bits per heavy atom. The van der Waals surface area contributed by atoms with Crippen LogP contribution in [0.1, 0.15) is 34.1 Å². The molecule has 20 heavy (non-hydrogen) atoms. The Labute approximate surface area is 138 Å². The van der Waals surface area contributed by atoms with Crippen LogP contribution in [0.4, 0.5) is 0 Å². The molecule has 0 atom stereocenters. The van der Waals surface area contributed by atoms with Gasteiger partial charge in [-0.3, -0.25) is 4.18 Å². The third-order valence-electron chi connectivity index (χ3n) is 2.13. The van der Waals surface area contributed by atoms with Gasteiger partial charge in [-0.15, -0.1) is 0 Å². The molecule has 0 saturated carbocycles. The second-order valence-electron chi connectivity index (χ2n) is 3.63. The van der Waals surface area contributed by atoms with Crippen LogP contribution in [-0.2, 0) is 14.3 Å². The fourth-order valence-corrected chi connectivity index (χ4v) is 2.32. The number of benzene rings is 1. The molecule has 9 heteroatoms. The molecule has 0 heterocycles. The van der Waals surface area contributed by atoms with Crippen LogP contribution in [0, 0.1) is 0 Å². The molecule has 0 aliphatic rings. The zero-order chi connectivity index (χ0) is 14.6. The van der Waals surface area contributed by atoms with Gasteiger partial charge >= 0.3 is 41.5 Å². The summed E-state index contributed by atoms with van der Waals surface area (Å²) in [7, 11) is -4.16. The summed E-state index contributed by atoms with van der Waals surface area (Å²) in [4.78, 5) is 21.2. The number of carbonyl (C=O) groups is 2. The number of aromatic carboxylic acids is 2. The van der Waals surface area contributed by atoms with E-state index in [0.29, 0.717) is 6.42 Å². The normalized spacial score (nSPS) is 10.7. The molecule has 0 amide bonds. The summed E-state index contributed by atoms with van der Waals surface area (Å²) in [6.07, 6.45) is 0.448. The van der Waals surface area contributed by atoms with Crippen molar-refractivity contribution in [2.24, 2.45) is 0 Å². The second kappa shape index (κ2) is 7.75. The summed E-state index contributed by atoms with van der Waals surface area (Å²) >= 11 is 0. The van der Waals surface area contributed by atoms with Gasteiger partial charge in [0.15, 0.2) is 0 Å². The van der Waals surface area contributed by atoms with Crippen LogP contribution in [0.15, 0.2) is 23.1 Å². The van der Waals surface area contributed by atoms with E-state index in [0.717, 1.165) is 18.2 Å². The summed E-state index contributed by atoms with van der Waals surface area (Å²) < 4.78 is 28.1. The summed E-state index contributed by atoms with van der Waals surface area (Å²) in [5, 5.41) is 17.7. The maximum absolute atomic E-state index is 11.7. The van der Waals surface area contributed by atoms with Crippen molar-refractivity contribution in [1.29, 1.82) is 0 Å². The van der Waals surface area contributed by atoms with Gasteiger partial charge in [-0.05, 0) is 24.6 Å². The zero-order valence-corrected chi connectivity index (χ0v) is 10.8. The van der Waals surface area contributed by atoms with E-state index in [9.17, 15) is 18.0 Å². The zero-order valence-electron chi connectivity index (χ0n) is 9.99. The Bertz CT molecular complexity index is 577. The molecular formula is C11H13NaO7S. The van der Waals surface area contributed by atoms with Crippen molar-refractivity contribution in [3.63, 3.8) is 0 Å². The van der Waals surface area contributed by atoms with E-state index in [-0.39, 0.29) is 36.2 Å². The molecule has 0 spiro atoms. The molecule has 2 N–H and O–H groups in total. The van der Waals surface area contributed by atoms with Crippen molar-refractivity contribution >= 4 is 51.6 Å². The van der Waals surface area contributed by atoms with Crippen LogP contribution in [0.2, 0.25) is 0 Å². The monoisotopic (exact) mass is 312 g/mol. The third kappa shape index (κ3) is 4.88. The van der Waals surface area contributed by atoms with Crippen LogP contribution in [0.5, 0.6) is 0 Å². The van der Waals surface area contributed by atoms with Crippen molar-refractivity contribution in [3.05, 3.63) is 29.3 Å². The minimum atomic E-state index is -4.16. The number of rotatable bonds is 6. The van der Waals surface area contributed by atoms with Gasteiger partial charge in [-0.1, -0.05) is 6.92 Å². The van der Waals surface area contributed by atoms with Crippen molar-refractivity contribution < 1.29 is 32.4 Å². The molecule has 0 aromatic heterocycles. The van der Waals surface area contributed by atoms with Crippen LogP contribution in [-0.4, -0.2) is 66.7 Å². The van der Waals surface area contributed by atoms with Gasteiger partial charge in [-0.2, -0.15) is 8.42 Å². The molecule has 0 aliphatic heterocycles. The van der Waals surface area contributed by atoms with Crippen molar-refractivity contribution in [3.8, 4) is 0 Å². The number of carboxylic acid groups (broad SMARTS) is 2. The Hall–Kier alpha value is -0.930. The minimum absolute atomic E-state index is 0. The third-order valence-corrected chi connectivity index (χ3v) is 3.42. The maximum atomic E-state index is 11.7. The fourth-order valence-electron chi connectivity index (χ4n) is 1.25. The predicted molar refractivity (Wildman–Crippen MR) is 70.9 cm³/mol. The Morgan fingerprint density at radius 1 is 1.10 bits per heavy atom. The first-order valence-corrected chi connectivity index (χ1v) is 6.70. The Morgan fingerprint density at radius 3 is 1.90 bits per heavy atom. The first kappa shape index (κ1) is 19.1. The van der Waals surface area contributed by atoms with Crippen LogP contribution < -0.4 is 0 Å². The van der Waals surface area contributed by atoms with E-state index in [1.54, 1.807) is 6.92 Å². The van der Waals surface area contributed by atoms with Gasteiger partial charge < -0.3 is 10.2 Å². The molecule has 0 fully saturated rings. The molecule has 0 aliphatic carbocycles. The molecular weight excluding hydrogens is 299 g/mol. The van der Waals surface area contributed by atoms with E-state index in [1.807, 2.05) is 0 Å². The average Bonchev–Trinajstić information content (AvgIpc) is 2.35. The van der Waals surface area contributed by atoms with Crippen LogP contribution >= 0.6 is 0 Å². The van der Waals surface area contributed by atoms with E-state index >= 15 is 0 Å². The summed E-state index contributed by atoms with van der Waals surface area (Å²) in [6.45, 7) is 1.63.